The fraction of sp³-hybridized carbons (Fsp3) is 0.455. The van der Waals surface area contributed by atoms with E-state index in [0.717, 1.165) is 25.0 Å². The molecule has 27 heavy (non-hydrogen) atoms. The predicted octanol–water partition coefficient (Wildman–Crippen LogP) is 5.61. The second-order valence-electron chi connectivity index (χ2n) is 7.50. The van der Waals surface area contributed by atoms with Gasteiger partial charge in [-0.3, -0.25) is 0 Å². The highest BCUT2D eigenvalue weighted by atomic mass is 35.5. The van der Waals surface area contributed by atoms with E-state index in [0.29, 0.717) is 22.4 Å². The van der Waals surface area contributed by atoms with Crippen molar-refractivity contribution in [2.45, 2.75) is 38.8 Å². The average molecular weight is 388 g/mol. The normalized spacial score (nSPS) is 23.8. The van der Waals surface area contributed by atoms with E-state index in [4.69, 9.17) is 25.8 Å². The maximum absolute atomic E-state index is 6.50. The largest absolute Gasteiger partial charge is 0.493 e. The van der Waals surface area contributed by atoms with Crippen molar-refractivity contribution in [2.75, 3.05) is 26.1 Å². The van der Waals surface area contributed by atoms with E-state index in [1.165, 1.54) is 22.4 Å². The molecule has 0 amide bonds. The summed E-state index contributed by atoms with van der Waals surface area (Å²) in [5, 5.41) is 4.35. The summed E-state index contributed by atoms with van der Waals surface area (Å²) in [7, 11) is 3.25. The van der Waals surface area contributed by atoms with Gasteiger partial charge in [-0.15, -0.1) is 0 Å². The summed E-state index contributed by atoms with van der Waals surface area (Å²) in [6.45, 7) is 5.11. The quantitative estimate of drug-likeness (QED) is 0.743. The van der Waals surface area contributed by atoms with Crippen LogP contribution in [-0.2, 0) is 4.74 Å². The number of ether oxygens (including phenoxy) is 3. The predicted molar refractivity (Wildman–Crippen MR) is 108 cm³/mol. The third-order valence-corrected chi connectivity index (χ3v) is 6.01. The van der Waals surface area contributed by atoms with E-state index in [2.05, 4.69) is 31.3 Å². The fourth-order valence-electron chi connectivity index (χ4n) is 4.60. The highest BCUT2D eigenvalue weighted by Crippen LogP contribution is 2.51. The fourth-order valence-corrected chi connectivity index (χ4v) is 4.89. The maximum Gasteiger partial charge on any atom is 0.179 e. The van der Waals surface area contributed by atoms with Crippen molar-refractivity contribution in [3.63, 3.8) is 0 Å². The van der Waals surface area contributed by atoms with Gasteiger partial charge in [0.2, 0.25) is 0 Å². The molecule has 2 aliphatic heterocycles. The maximum atomic E-state index is 6.50. The van der Waals surface area contributed by atoms with Crippen molar-refractivity contribution in [3.8, 4) is 11.5 Å². The number of methoxy groups -OCH3 is 2. The van der Waals surface area contributed by atoms with Crippen LogP contribution in [0.4, 0.5) is 5.69 Å². The molecule has 144 valence electrons. The van der Waals surface area contributed by atoms with E-state index in [1.54, 1.807) is 14.2 Å². The lowest BCUT2D eigenvalue weighted by molar-refractivity contribution is -0.0382. The molecule has 0 aliphatic carbocycles. The molecule has 1 fully saturated rings. The van der Waals surface area contributed by atoms with Gasteiger partial charge < -0.3 is 19.5 Å². The van der Waals surface area contributed by atoms with Gasteiger partial charge in [0.1, 0.15) is 0 Å². The van der Waals surface area contributed by atoms with Crippen LogP contribution in [0.25, 0.3) is 0 Å². The lowest BCUT2D eigenvalue weighted by Crippen LogP contribution is -2.36. The van der Waals surface area contributed by atoms with Crippen molar-refractivity contribution < 1.29 is 14.2 Å². The van der Waals surface area contributed by atoms with Crippen LogP contribution in [0.15, 0.2) is 24.3 Å². The van der Waals surface area contributed by atoms with Gasteiger partial charge in [-0.05, 0) is 49.9 Å². The highest BCUT2D eigenvalue weighted by molar-refractivity contribution is 6.32. The summed E-state index contributed by atoms with van der Waals surface area (Å²) < 4.78 is 17.2. The molecule has 0 bridgehead atoms. The first-order valence-corrected chi connectivity index (χ1v) is 9.82. The Morgan fingerprint density at radius 3 is 2.67 bits per heavy atom. The second-order valence-corrected chi connectivity index (χ2v) is 7.91. The third-order valence-electron chi connectivity index (χ3n) is 5.73. The third kappa shape index (κ3) is 3.15. The van der Waals surface area contributed by atoms with Crippen molar-refractivity contribution in [3.05, 3.63) is 51.5 Å². The zero-order chi connectivity index (χ0) is 19.1. The van der Waals surface area contributed by atoms with Crippen LogP contribution in [-0.4, -0.2) is 20.8 Å². The van der Waals surface area contributed by atoms with Crippen LogP contribution in [0.2, 0.25) is 5.02 Å². The monoisotopic (exact) mass is 387 g/mol. The smallest absolute Gasteiger partial charge is 0.179 e. The summed E-state index contributed by atoms with van der Waals surface area (Å²) >= 11 is 6.50. The molecule has 2 aromatic carbocycles. The molecule has 2 heterocycles. The molecule has 1 unspecified atom stereocenters. The van der Waals surface area contributed by atoms with Crippen LogP contribution in [0, 0.1) is 19.8 Å². The first kappa shape index (κ1) is 18.5. The molecule has 3 atom stereocenters. The first-order valence-electron chi connectivity index (χ1n) is 9.44. The minimum Gasteiger partial charge on any atom is -0.493 e. The van der Waals surface area contributed by atoms with Gasteiger partial charge in [0.15, 0.2) is 11.5 Å². The lowest BCUT2D eigenvalue weighted by Gasteiger charge is -2.44. The number of nitrogens with one attached hydrogen (secondary N) is 1. The molecule has 0 spiro atoms. The Hall–Kier alpha value is -1.91. The second kappa shape index (κ2) is 7.25. The minimum absolute atomic E-state index is 0.102. The van der Waals surface area contributed by atoms with Gasteiger partial charge in [0.25, 0.3) is 0 Å². The molecular formula is C22H26ClNO3. The van der Waals surface area contributed by atoms with Gasteiger partial charge in [0, 0.05) is 23.8 Å². The number of rotatable bonds is 3. The first-order chi connectivity index (χ1) is 13.0. The number of hydrogen-bond acceptors (Lipinski definition) is 4. The molecule has 4 rings (SSSR count). The van der Waals surface area contributed by atoms with Crippen LogP contribution >= 0.6 is 11.6 Å². The number of anilines is 1. The molecule has 2 aliphatic rings. The van der Waals surface area contributed by atoms with Gasteiger partial charge in [-0.25, -0.2) is 0 Å². The Bertz CT molecular complexity index is 867. The van der Waals surface area contributed by atoms with E-state index < -0.39 is 0 Å². The van der Waals surface area contributed by atoms with E-state index in [1.807, 2.05) is 12.1 Å². The van der Waals surface area contributed by atoms with Crippen molar-refractivity contribution in [1.29, 1.82) is 0 Å². The molecule has 2 aromatic rings. The molecule has 0 aromatic heterocycles. The van der Waals surface area contributed by atoms with Crippen LogP contribution in [0.5, 0.6) is 11.5 Å². The standard InChI is InChI=1S/C22H26ClNO3/c1-12-8-13(2)19-16(9-12)21-15(6-5-7-27-21)20(24-19)14-10-17(23)22(26-4)18(11-14)25-3/h8-11,15,20-21,24H,5-7H2,1-4H3/t15-,20?,21-/m0/s1. The number of halogens is 1. The Morgan fingerprint density at radius 2 is 1.93 bits per heavy atom. The van der Waals surface area contributed by atoms with E-state index in [-0.39, 0.29) is 12.1 Å². The molecule has 4 nitrogen and oxygen atoms in total. The summed E-state index contributed by atoms with van der Waals surface area (Å²) in [6.07, 6.45) is 2.28. The van der Waals surface area contributed by atoms with Crippen LogP contribution in [0.3, 0.4) is 0 Å². The molecule has 1 N–H and O–H groups in total. The molecule has 0 radical (unpaired) electrons. The SMILES string of the molecule is COc1cc(C2Nc3c(C)cc(C)cc3[C@H]3OCCC[C@@H]23)cc(Cl)c1OC. The number of hydrogen-bond donors (Lipinski definition) is 1. The van der Waals surface area contributed by atoms with Gasteiger partial charge in [-0.2, -0.15) is 0 Å². The Morgan fingerprint density at radius 1 is 1.11 bits per heavy atom. The number of aryl methyl sites for hydroxylation is 2. The van der Waals surface area contributed by atoms with Gasteiger partial charge >= 0.3 is 0 Å². The van der Waals surface area contributed by atoms with Gasteiger partial charge in [0.05, 0.1) is 31.4 Å². The highest BCUT2D eigenvalue weighted by Gasteiger charge is 2.40. The zero-order valence-electron chi connectivity index (χ0n) is 16.3. The number of benzene rings is 2. The molecule has 5 heteroatoms. The Kier molecular flexibility index (Phi) is 4.95. The topological polar surface area (TPSA) is 39.7 Å². The van der Waals surface area contributed by atoms with Gasteiger partial charge in [-0.1, -0.05) is 29.3 Å². The summed E-state index contributed by atoms with van der Waals surface area (Å²) in [6, 6.07) is 8.61. The summed E-state index contributed by atoms with van der Waals surface area (Å²) in [5.41, 5.74) is 6.08. The van der Waals surface area contributed by atoms with Crippen LogP contribution < -0.4 is 14.8 Å². The summed E-state index contributed by atoms with van der Waals surface area (Å²) in [4.78, 5) is 0. The van der Waals surface area contributed by atoms with E-state index >= 15 is 0 Å². The summed E-state index contributed by atoms with van der Waals surface area (Å²) in [5.74, 6) is 1.57. The molecular weight excluding hydrogens is 362 g/mol. The van der Waals surface area contributed by atoms with Crippen molar-refractivity contribution in [2.24, 2.45) is 5.92 Å². The molecule has 0 saturated carbocycles. The average Bonchev–Trinajstić information content (AvgIpc) is 2.66. The Labute approximate surface area is 165 Å². The minimum atomic E-state index is 0.102. The lowest BCUT2D eigenvalue weighted by atomic mass is 9.76. The van der Waals surface area contributed by atoms with E-state index in [9.17, 15) is 0 Å². The van der Waals surface area contributed by atoms with Crippen LogP contribution in [0.1, 0.15) is 47.2 Å². The van der Waals surface area contributed by atoms with Crippen molar-refractivity contribution >= 4 is 17.3 Å². The zero-order valence-corrected chi connectivity index (χ0v) is 17.0. The Balaban J connectivity index is 1.82. The number of fused-ring (bicyclic) bond motifs is 3. The van der Waals surface area contributed by atoms with Crippen molar-refractivity contribution in [1.82, 2.24) is 0 Å². The molecule has 1 saturated heterocycles.